The molecule has 7 nitrogen and oxygen atoms in total. The van der Waals surface area contributed by atoms with E-state index < -0.39 is 0 Å². The Morgan fingerprint density at radius 3 is 2.78 bits per heavy atom. The number of nitrogens with one attached hydrogen (secondary N) is 1. The van der Waals surface area contributed by atoms with E-state index in [-0.39, 0.29) is 6.04 Å². The van der Waals surface area contributed by atoms with Gasteiger partial charge in [0, 0.05) is 29.7 Å². The molecule has 0 saturated heterocycles. The van der Waals surface area contributed by atoms with Crippen LogP contribution in [0, 0.1) is 0 Å². The van der Waals surface area contributed by atoms with E-state index in [1.54, 1.807) is 28.4 Å². The van der Waals surface area contributed by atoms with Crippen molar-refractivity contribution in [1.82, 2.24) is 25.0 Å². The van der Waals surface area contributed by atoms with Crippen molar-refractivity contribution in [3.05, 3.63) is 78.8 Å². The maximum absolute atomic E-state index is 6.25. The van der Waals surface area contributed by atoms with E-state index in [2.05, 4.69) is 63.1 Å². The molecule has 0 saturated carbocycles. The minimum Gasteiger partial charge on any atom is -0.352 e. The maximum atomic E-state index is 6.25. The highest BCUT2D eigenvalue weighted by molar-refractivity contribution is 7.22. The summed E-state index contributed by atoms with van der Waals surface area (Å²) in [5.74, 6) is 0.600. The van der Waals surface area contributed by atoms with Crippen LogP contribution in [0.1, 0.15) is 18.5 Å². The lowest BCUT2D eigenvalue weighted by molar-refractivity contribution is 0.607. The second kappa shape index (κ2) is 8.86. The highest BCUT2D eigenvalue weighted by Crippen LogP contribution is 2.40. The molecule has 0 aliphatic carbocycles. The number of benzene rings is 2. The molecule has 1 atom stereocenters. The molecule has 0 fully saturated rings. The zero-order chi connectivity index (χ0) is 21.9. The van der Waals surface area contributed by atoms with Crippen LogP contribution in [0.2, 0.25) is 0 Å². The number of rotatable bonds is 7. The van der Waals surface area contributed by atoms with E-state index >= 15 is 0 Å². The van der Waals surface area contributed by atoms with Gasteiger partial charge in [-0.3, -0.25) is 4.68 Å². The number of aromatic nitrogens is 5. The third-order valence-electron chi connectivity index (χ3n) is 5.29. The fraction of sp³-hybridized carbons (Fsp3) is 0.167. The van der Waals surface area contributed by atoms with Gasteiger partial charge in [-0.15, -0.1) is 16.4 Å². The lowest BCUT2D eigenvalue weighted by atomic mass is 9.95. The third-order valence-corrected chi connectivity index (χ3v) is 6.50. The normalized spacial score (nSPS) is 12.2. The van der Waals surface area contributed by atoms with Crippen molar-refractivity contribution < 1.29 is 0 Å². The summed E-state index contributed by atoms with van der Waals surface area (Å²) in [7, 11) is 0. The number of fused-ring (bicyclic) bond motifs is 1. The van der Waals surface area contributed by atoms with Crippen molar-refractivity contribution in [3.63, 3.8) is 0 Å². The largest absolute Gasteiger partial charge is 0.352 e. The summed E-state index contributed by atoms with van der Waals surface area (Å²) < 4.78 is 3.00. The molecule has 0 radical (unpaired) electrons. The van der Waals surface area contributed by atoms with Crippen LogP contribution in [-0.4, -0.2) is 31.5 Å². The molecule has 3 aromatic heterocycles. The molecule has 2 aromatic carbocycles. The second-order valence-electron chi connectivity index (χ2n) is 7.57. The van der Waals surface area contributed by atoms with E-state index in [0.717, 1.165) is 16.1 Å². The minimum absolute atomic E-state index is 0.0334. The number of thiophene rings is 1. The van der Waals surface area contributed by atoms with Crippen LogP contribution in [0.4, 0.5) is 5.95 Å². The number of anilines is 1. The fourth-order valence-corrected chi connectivity index (χ4v) is 4.91. The minimum atomic E-state index is -0.0334. The first-order chi connectivity index (χ1) is 15.7. The lowest BCUT2D eigenvalue weighted by Gasteiger charge is -2.13. The van der Waals surface area contributed by atoms with Crippen LogP contribution >= 0.6 is 11.3 Å². The number of hydrogen-bond donors (Lipinski definition) is 2. The van der Waals surface area contributed by atoms with Crippen LogP contribution in [0.3, 0.4) is 0 Å². The van der Waals surface area contributed by atoms with E-state index in [0.29, 0.717) is 19.0 Å². The van der Waals surface area contributed by atoms with Gasteiger partial charge in [-0.25, -0.2) is 9.97 Å². The molecule has 0 amide bonds. The first-order valence-electron chi connectivity index (χ1n) is 10.5. The van der Waals surface area contributed by atoms with Gasteiger partial charge in [0.25, 0.3) is 0 Å². The van der Waals surface area contributed by atoms with Crippen LogP contribution in [0.25, 0.3) is 31.8 Å². The third kappa shape index (κ3) is 4.10. The summed E-state index contributed by atoms with van der Waals surface area (Å²) >= 11 is 1.74. The smallest absolute Gasteiger partial charge is 0.223 e. The van der Waals surface area contributed by atoms with Crippen LogP contribution < -0.4 is 11.1 Å². The molecule has 3 heterocycles. The highest BCUT2D eigenvalue weighted by atomic mass is 32.1. The number of nitrogens with zero attached hydrogens (tertiary/aromatic N) is 5. The average Bonchev–Trinajstić information content (AvgIpc) is 3.49. The van der Waals surface area contributed by atoms with Crippen molar-refractivity contribution >= 4 is 27.4 Å². The van der Waals surface area contributed by atoms with Gasteiger partial charge in [0.15, 0.2) is 0 Å². The van der Waals surface area contributed by atoms with E-state index in [4.69, 9.17) is 10.7 Å². The van der Waals surface area contributed by atoms with Gasteiger partial charge in [-0.1, -0.05) is 47.7 Å². The van der Waals surface area contributed by atoms with Crippen LogP contribution in [0.15, 0.2) is 73.2 Å². The van der Waals surface area contributed by atoms with E-state index in [1.165, 1.54) is 21.2 Å². The highest BCUT2D eigenvalue weighted by Gasteiger charge is 2.14. The molecule has 0 aliphatic heterocycles. The molecule has 0 aliphatic rings. The van der Waals surface area contributed by atoms with Gasteiger partial charge in [0.05, 0.1) is 23.3 Å². The number of nitrogens with two attached hydrogens (primary N) is 1. The summed E-state index contributed by atoms with van der Waals surface area (Å²) in [6, 6.07) is 18.9. The SMILES string of the molecule is CC(N)c1ccccc1-c1cccc2cc(-c3ccnc(NCCn4ccnn4)n3)sc12. The quantitative estimate of drug-likeness (QED) is 0.379. The van der Waals surface area contributed by atoms with Crippen molar-refractivity contribution in [3.8, 4) is 21.7 Å². The Kier molecular flexibility index (Phi) is 5.62. The summed E-state index contributed by atoms with van der Waals surface area (Å²) in [6.45, 7) is 3.38. The van der Waals surface area contributed by atoms with Crippen molar-refractivity contribution in [1.29, 1.82) is 0 Å². The number of hydrogen-bond acceptors (Lipinski definition) is 7. The monoisotopic (exact) mass is 441 g/mol. The zero-order valence-electron chi connectivity index (χ0n) is 17.6. The average molecular weight is 442 g/mol. The summed E-state index contributed by atoms with van der Waals surface area (Å²) in [5.41, 5.74) is 10.7. The molecule has 160 valence electrons. The lowest BCUT2D eigenvalue weighted by Crippen LogP contribution is -2.12. The molecular formula is C24H23N7S. The predicted molar refractivity (Wildman–Crippen MR) is 129 cm³/mol. The van der Waals surface area contributed by atoms with Crippen molar-refractivity contribution in [2.75, 3.05) is 11.9 Å². The van der Waals surface area contributed by atoms with Gasteiger partial charge < -0.3 is 11.1 Å². The standard InChI is InChI=1S/C24H23N7S/c1-16(25)18-6-2-3-7-19(18)20-8-4-5-17-15-22(32-23(17)20)21-9-10-26-24(29-21)27-11-13-31-14-12-28-30-31/h2-10,12,14-16H,11,13,25H2,1H3,(H,26,27,29). The van der Waals surface area contributed by atoms with Crippen molar-refractivity contribution in [2.45, 2.75) is 19.5 Å². The molecule has 5 rings (SSSR count). The fourth-order valence-electron chi connectivity index (χ4n) is 3.76. The Morgan fingerprint density at radius 1 is 1.06 bits per heavy atom. The second-order valence-corrected chi connectivity index (χ2v) is 8.62. The van der Waals surface area contributed by atoms with Crippen LogP contribution in [-0.2, 0) is 6.54 Å². The summed E-state index contributed by atoms with van der Waals surface area (Å²) in [6.07, 6.45) is 5.29. The van der Waals surface area contributed by atoms with Gasteiger partial charge in [0.1, 0.15) is 0 Å². The van der Waals surface area contributed by atoms with Crippen molar-refractivity contribution in [2.24, 2.45) is 5.73 Å². The molecule has 0 spiro atoms. The van der Waals surface area contributed by atoms with Gasteiger partial charge >= 0.3 is 0 Å². The molecule has 8 heteroatoms. The Morgan fingerprint density at radius 2 is 1.94 bits per heavy atom. The predicted octanol–water partition coefficient (Wildman–Crippen LogP) is 4.75. The Hall–Kier alpha value is -3.62. The Balaban J connectivity index is 1.45. The van der Waals surface area contributed by atoms with E-state index in [1.807, 2.05) is 25.3 Å². The first kappa shape index (κ1) is 20.3. The molecule has 32 heavy (non-hydrogen) atoms. The van der Waals surface area contributed by atoms with Crippen LogP contribution in [0.5, 0.6) is 0 Å². The molecule has 1 unspecified atom stereocenters. The summed E-state index contributed by atoms with van der Waals surface area (Å²) in [5, 5.41) is 12.2. The van der Waals surface area contributed by atoms with E-state index in [9.17, 15) is 0 Å². The molecule has 5 aromatic rings. The van der Waals surface area contributed by atoms with Gasteiger partial charge in [-0.05, 0) is 41.1 Å². The zero-order valence-corrected chi connectivity index (χ0v) is 18.5. The Labute approximate surface area is 190 Å². The van der Waals surface area contributed by atoms with Gasteiger partial charge in [0.2, 0.25) is 5.95 Å². The molecule has 0 bridgehead atoms. The van der Waals surface area contributed by atoms with Gasteiger partial charge in [-0.2, -0.15) is 0 Å². The Bertz CT molecular complexity index is 1340. The molecular weight excluding hydrogens is 418 g/mol. The molecule has 3 N–H and O–H groups in total. The maximum Gasteiger partial charge on any atom is 0.223 e. The summed E-state index contributed by atoms with van der Waals surface area (Å²) in [4.78, 5) is 10.2. The first-order valence-corrected chi connectivity index (χ1v) is 11.3. The topological polar surface area (TPSA) is 94.5 Å².